The SMILES string of the molecule is [O-][n+]1nc2nnn(O)c2[n+]([O-])n1. The largest absolute Gasteiger partial charge is 0.588 e. The van der Waals surface area contributed by atoms with Crippen molar-refractivity contribution < 1.29 is 15.0 Å². The van der Waals surface area contributed by atoms with E-state index in [1.54, 1.807) is 0 Å². The molecule has 2 aromatic heterocycles. The molecule has 0 fully saturated rings. The van der Waals surface area contributed by atoms with Gasteiger partial charge in [-0.2, -0.15) is 0 Å². The van der Waals surface area contributed by atoms with Gasteiger partial charge in [0.05, 0.1) is 5.10 Å². The van der Waals surface area contributed by atoms with Crippen molar-refractivity contribution in [3.63, 3.8) is 0 Å². The van der Waals surface area contributed by atoms with Crippen molar-refractivity contribution in [2.45, 2.75) is 0 Å². The van der Waals surface area contributed by atoms with E-state index in [1.807, 2.05) is 0 Å². The molecule has 12 heavy (non-hydrogen) atoms. The number of hydrogen-bond acceptors (Lipinski definition) is 7. The summed E-state index contributed by atoms with van der Waals surface area (Å²) in [5, 5.41) is 42.2. The number of rotatable bonds is 0. The first kappa shape index (κ1) is 6.45. The molecule has 0 spiro atoms. The molecule has 62 valence electrons. The summed E-state index contributed by atoms with van der Waals surface area (Å²) in [5.41, 5.74) is -0.681. The van der Waals surface area contributed by atoms with Crippen LogP contribution in [0.5, 0.6) is 0 Å². The molecule has 0 bridgehead atoms. The molecule has 0 aliphatic carbocycles. The van der Waals surface area contributed by atoms with Crippen molar-refractivity contribution in [2.75, 3.05) is 0 Å². The second-order valence-corrected chi connectivity index (χ2v) is 1.84. The quantitative estimate of drug-likeness (QED) is 0.250. The van der Waals surface area contributed by atoms with Gasteiger partial charge in [-0.25, -0.2) is 0 Å². The van der Waals surface area contributed by atoms with Crippen molar-refractivity contribution in [3.05, 3.63) is 10.4 Å². The highest BCUT2D eigenvalue weighted by Crippen LogP contribution is 1.93. The third-order valence-electron chi connectivity index (χ3n) is 1.13. The van der Waals surface area contributed by atoms with Crippen LogP contribution < -0.4 is 9.80 Å². The molecule has 0 saturated carbocycles. The van der Waals surface area contributed by atoms with Gasteiger partial charge in [0.1, 0.15) is 4.96 Å². The van der Waals surface area contributed by atoms with Crippen LogP contribution in [0.25, 0.3) is 11.3 Å². The fourth-order valence-corrected chi connectivity index (χ4v) is 0.701. The highest BCUT2D eigenvalue weighted by atomic mass is 16.6. The molecule has 0 amide bonds. The Hall–Kier alpha value is -2.26. The van der Waals surface area contributed by atoms with E-state index in [0.29, 0.717) is 0 Å². The van der Waals surface area contributed by atoms with Gasteiger partial charge >= 0.3 is 16.5 Å². The van der Waals surface area contributed by atoms with Gasteiger partial charge < -0.3 is 15.6 Å². The summed E-state index contributed by atoms with van der Waals surface area (Å²) >= 11 is 0. The molecular weight excluding hydrogens is 170 g/mol. The lowest BCUT2D eigenvalue weighted by Crippen LogP contribution is -2.50. The van der Waals surface area contributed by atoms with Crippen LogP contribution in [0.4, 0.5) is 0 Å². The second kappa shape index (κ2) is 1.87. The molecule has 2 rings (SSSR count). The minimum Gasteiger partial charge on any atom is -0.588 e. The summed E-state index contributed by atoms with van der Waals surface area (Å²) in [6, 6.07) is 0. The van der Waals surface area contributed by atoms with E-state index >= 15 is 0 Å². The van der Waals surface area contributed by atoms with Crippen molar-refractivity contribution >= 4 is 11.3 Å². The van der Waals surface area contributed by atoms with Gasteiger partial charge in [0, 0.05) is 4.85 Å². The molecule has 10 heteroatoms. The van der Waals surface area contributed by atoms with E-state index in [1.165, 1.54) is 0 Å². The fraction of sp³-hybridized carbons (Fsp3) is 0. The average Bonchev–Trinajstić information content (AvgIpc) is 2.31. The summed E-state index contributed by atoms with van der Waals surface area (Å²) in [5.74, 6) is 0. The predicted molar refractivity (Wildman–Crippen MR) is 28.2 cm³/mol. The van der Waals surface area contributed by atoms with Crippen LogP contribution in [-0.4, -0.2) is 30.7 Å². The molecule has 0 atom stereocenters. The minimum atomic E-state index is -0.401. The molecule has 10 nitrogen and oxygen atoms in total. The zero-order valence-electron chi connectivity index (χ0n) is 5.39. The van der Waals surface area contributed by atoms with Gasteiger partial charge in [0.25, 0.3) is 0 Å². The first-order valence-electron chi connectivity index (χ1n) is 2.71. The van der Waals surface area contributed by atoms with Crippen molar-refractivity contribution in [1.82, 2.24) is 25.5 Å². The van der Waals surface area contributed by atoms with Crippen LogP contribution in [0.3, 0.4) is 0 Å². The van der Waals surface area contributed by atoms with Crippen molar-refractivity contribution in [2.24, 2.45) is 0 Å². The summed E-state index contributed by atoms with van der Waals surface area (Å²) in [6.45, 7) is 0. The van der Waals surface area contributed by atoms with Crippen LogP contribution in [-0.2, 0) is 0 Å². The average molecular weight is 171 g/mol. The Bertz CT molecular complexity index is 435. The third kappa shape index (κ3) is 0.680. The minimum absolute atomic E-state index is 0.130. The standard InChI is InChI=1S/C2HN7O3/c10-7-2-1(3-5-7)4-9(12)6-8(2)11/h10H. The lowest BCUT2D eigenvalue weighted by molar-refractivity contribution is -0.864. The zero-order chi connectivity index (χ0) is 8.72. The van der Waals surface area contributed by atoms with Gasteiger partial charge in [-0.3, -0.25) is 0 Å². The van der Waals surface area contributed by atoms with Crippen molar-refractivity contribution in [3.8, 4) is 0 Å². The van der Waals surface area contributed by atoms with E-state index in [-0.39, 0.29) is 20.3 Å². The molecule has 0 aliphatic heterocycles. The summed E-state index contributed by atoms with van der Waals surface area (Å²) in [7, 11) is 0. The van der Waals surface area contributed by atoms with Crippen LogP contribution >= 0.6 is 0 Å². The molecule has 0 aliphatic rings. The van der Waals surface area contributed by atoms with E-state index in [0.717, 1.165) is 0 Å². The van der Waals surface area contributed by atoms with Gasteiger partial charge in [0.2, 0.25) is 0 Å². The Balaban J connectivity index is 2.93. The maximum Gasteiger partial charge on any atom is 0.431 e. The van der Waals surface area contributed by atoms with E-state index in [9.17, 15) is 10.4 Å². The Labute approximate surface area is 63.4 Å². The molecule has 2 heterocycles. The molecule has 1 N–H and O–H groups in total. The summed E-state index contributed by atoms with van der Waals surface area (Å²) in [6.07, 6.45) is 0. The summed E-state index contributed by atoms with van der Waals surface area (Å²) in [4.78, 5) is -0.165. The van der Waals surface area contributed by atoms with Crippen LogP contribution in [0.15, 0.2) is 0 Å². The van der Waals surface area contributed by atoms with E-state index in [2.05, 4.69) is 20.6 Å². The molecule has 0 saturated heterocycles. The number of nitrogens with zero attached hydrogens (tertiary/aromatic N) is 7. The number of aromatic nitrogens is 7. The van der Waals surface area contributed by atoms with Gasteiger partial charge in [-0.15, -0.1) is 0 Å². The zero-order valence-corrected chi connectivity index (χ0v) is 5.39. The Kier molecular flexibility index (Phi) is 1.00. The smallest absolute Gasteiger partial charge is 0.431 e. The normalized spacial score (nSPS) is 10.7. The fourth-order valence-electron chi connectivity index (χ4n) is 0.701. The monoisotopic (exact) mass is 171 g/mol. The Morgan fingerprint density at radius 3 is 2.92 bits per heavy atom. The van der Waals surface area contributed by atoms with Crippen LogP contribution in [0.1, 0.15) is 0 Å². The molecule has 0 radical (unpaired) electrons. The predicted octanol–water partition coefficient (Wildman–Crippen LogP) is -3.27. The lowest BCUT2D eigenvalue weighted by atomic mass is 10.8. The topological polar surface area (TPSA) is 131 Å². The Morgan fingerprint density at radius 2 is 2.17 bits per heavy atom. The second-order valence-electron chi connectivity index (χ2n) is 1.84. The lowest BCUT2D eigenvalue weighted by Gasteiger charge is -1.89. The third-order valence-corrected chi connectivity index (χ3v) is 1.13. The first-order chi connectivity index (χ1) is 5.68. The molecule has 2 aromatic rings. The van der Waals surface area contributed by atoms with E-state index < -0.39 is 5.65 Å². The highest BCUT2D eigenvalue weighted by Gasteiger charge is 2.21. The van der Waals surface area contributed by atoms with Gasteiger partial charge in [-0.1, -0.05) is 5.10 Å². The first-order valence-corrected chi connectivity index (χ1v) is 2.71. The van der Waals surface area contributed by atoms with Gasteiger partial charge in [-0.05, 0) is 10.1 Å². The Morgan fingerprint density at radius 1 is 1.42 bits per heavy atom. The van der Waals surface area contributed by atoms with Crippen LogP contribution in [0.2, 0.25) is 0 Å². The maximum absolute atomic E-state index is 10.8. The maximum atomic E-state index is 10.8. The number of hydrogen-bond donors (Lipinski definition) is 1. The molecular formula is C2HN7O3. The van der Waals surface area contributed by atoms with Crippen molar-refractivity contribution in [1.29, 1.82) is 0 Å². The van der Waals surface area contributed by atoms with Crippen LogP contribution in [0, 0.1) is 10.4 Å². The molecule has 0 unspecified atom stereocenters. The summed E-state index contributed by atoms with van der Waals surface area (Å²) < 4.78 is 0. The van der Waals surface area contributed by atoms with E-state index in [4.69, 9.17) is 5.21 Å². The molecule has 0 aromatic carbocycles. The highest BCUT2D eigenvalue weighted by molar-refractivity contribution is 5.57. The van der Waals surface area contributed by atoms with Gasteiger partial charge in [0.15, 0.2) is 0 Å². The number of fused-ring (bicyclic) bond motifs is 1.